The summed E-state index contributed by atoms with van der Waals surface area (Å²) in [7, 11) is 0. The highest BCUT2D eigenvalue weighted by atomic mass is 19.4. The summed E-state index contributed by atoms with van der Waals surface area (Å²) in [6.07, 6.45) is -21.4. The second-order valence-corrected chi connectivity index (χ2v) is 3.09. The minimum Gasteiger partial charge on any atom is -0.477 e. The molecule has 0 radical (unpaired) electrons. The van der Waals surface area contributed by atoms with Gasteiger partial charge in [-0.25, -0.2) is 4.79 Å². The van der Waals surface area contributed by atoms with Gasteiger partial charge in [0, 0.05) is 0 Å². The molecule has 0 aliphatic heterocycles. The molecule has 0 saturated carbocycles. The van der Waals surface area contributed by atoms with E-state index in [1.54, 1.807) is 0 Å². The first-order chi connectivity index (χ1) is 8.40. The summed E-state index contributed by atoms with van der Waals surface area (Å²) in [5, 5.41) is 7.58. The SMILES string of the molecule is O=C(O)C(F)(F)C(F)(F)OC(F)(C(F)(F)F)C(F)(F)F. The van der Waals surface area contributed by atoms with Gasteiger partial charge in [-0.2, -0.15) is 48.3 Å². The third-order valence-corrected chi connectivity index (χ3v) is 1.63. The van der Waals surface area contributed by atoms with Crippen LogP contribution in [0.1, 0.15) is 0 Å². The molecule has 0 spiro atoms. The molecule has 3 nitrogen and oxygen atoms in total. The second kappa shape index (κ2) is 4.60. The van der Waals surface area contributed by atoms with E-state index in [4.69, 9.17) is 5.11 Å². The first-order valence-corrected chi connectivity index (χ1v) is 3.91. The number of alkyl halides is 11. The number of carboxylic acid groups (broad SMARTS) is 1. The number of aliphatic carboxylic acids is 1. The normalized spacial score (nSPS) is 15.3. The lowest BCUT2D eigenvalue weighted by molar-refractivity contribution is -0.499. The monoisotopic (exact) mass is 330 g/mol. The van der Waals surface area contributed by atoms with Crippen LogP contribution in [0.4, 0.5) is 48.3 Å². The second-order valence-electron chi connectivity index (χ2n) is 3.09. The molecule has 14 heteroatoms. The molecule has 0 aliphatic carbocycles. The molecule has 0 atom stereocenters. The van der Waals surface area contributed by atoms with Gasteiger partial charge in [0.15, 0.2) is 0 Å². The predicted molar refractivity (Wildman–Crippen MR) is 34.6 cm³/mol. The topological polar surface area (TPSA) is 46.5 Å². The molecule has 0 saturated heterocycles. The van der Waals surface area contributed by atoms with Crippen molar-refractivity contribution < 1.29 is 62.9 Å². The molecular formula is C6HF11O3. The zero-order chi connectivity index (χ0) is 16.8. The van der Waals surface area contributed by atoms with Crippen LogP contribution in [-0.4, -0.2) is 41.3 Å². The Labute approximate surface area is 100 Å². The van der Waals surface area contributed by atoms with Gasteiger partial charge in [-0.15, -0.1) is 0 Å². The van der Waals surface area contributed by atoms with Crippen LogP contribution in [0.5, 0.6) is 0 Å². The predicted octanol–water partition coefficient (Wildman–Crippen LogP) is 3.11. The highest BCUT2D eigenvalue weighted by molar-refractivity contribution is 5.76. The molecule has 0 rings (SSSR count). The van der Waals surface area contributed by atoms with Gasteiger partial charge in [0.25, 0.3) is 0 Å². The Bertz CT molecular complexity index is 367. The zero-order valence-electron chi connectivity index (χ0n) is 8.42. The maximum atomic E-state index is 12.6. The van der Waals surface area contributed by atoms with Gasteiger partial charge >= 0.3 is 36.2 Å². The molecule has 120 valence electrons. The third kappa shape index (κ3) is 2.88. The maximum Gasteiger partial charge on any atom is 0.458 e. The summed E-state index contributed by atoms with van der Waals surface area (Å²) in [6.45, 7) is 0. The van der Waals surface area contributed by atoms with Crippen LogP contribution in [0.2, 0.25) is 0 Å². The summed E-state index contributed by atoms with van der Waals surface area (Å²) in [4.78, 5) is 9.66. The molecule has 0 bridgehead atoms. The molecule has 0 heterocycles. The van der Waals surface area contributed by atoms with Crippen molar-refractivity contribution in [3.05, 3.63) is 0 Å². The minimum atomic E-state index is -7.22. The summed E-state index contributed by atoms with van der Waals surface area (Å²) < 4.78 is 134. The number of ether oxygens (including phenoxy) is 1. The first-order valence-electron chi connectivity index (χ1n) is 3.91. The largest absolute Gasteiger partial charge is 0.477 e. The third-order valence-electron chi connectivity index (χ3n) is 1.63. The van der Waals surface area contributed by atoms with Gasteiger partial charge in [-0.1, -0.05) is 0 Å². The van der Waals surface area contributed by atoms with E-state index in [1.165, 1.54) is 4.74 Å². The van der Waals surface area contributed by atoms with Crippen molar-refractivity contribution in [1.82, 2.24) is 0 Å². The van der Waals surface area contributed by atoms with E-state index in [0.717, 1.165) is 0 Å². The number of hydrogen-bond donors (Lipinski definition) is 1. The van der Waals surface area contributed by atoms with Crippen LogP contribution in [0.3, 0.4) is 0 Å². The average molecular weight is 330 g/mol. The lowest BCUT2D eigenvalue weighted by Gasteiger charge is -2.34. The number of hydrogen-bond acceptors (Lipinski definition) is 2. The maximum absolute atomic E-state index is 12.6. The summed E-state index contributed by atoms with van der Waals surface area (Å²) >= 11 is 0. The Hall–Kier alpha value is -1.34. The van der Waals surface area contributed by atoms with Crippen molar-refractivity contribution in [2.75, 3.05) is 0 Å². The van der Waals surface area contributed by atoms with Gasteiger partial charge in [-0.05, 0) is 0 Å². The van der Waals surface area contributed by atoms with Crippen molar-refractivity contribution in [2.45, 2.75) is 30.2 Å². The standard InChI is InChI=1S/C6HF11O3/c7-2(8,1(18)19)6(16,17)20-3(9,4(10,11)12)5(13,14)15/h(H,18,19). The zero-order valence-corrected chi connectivity index (χ0v) is 8.42. The minimum absolute atomic E-state index is 1.50. The summed E-state index contributed by atoms with van der Waals surface area (Å²) in [6, 6.07) is 0. The van der Waals surface area contributed by atoms with Gasteiger partial charge in [0.2, 0.25) is 0 Å². The molecule has 0 fully saturated rings. The van der Waals surface area contributed by atoms with Gasteiger partial charge < -0.3 is 5.11 Å². The van der Waals surface area contributed by atoms with Crippen molar-refractivity contribution >= 4 is 5.97 Å². The Kier molecular flexibility index (Phi) is 4.29. The quantitative estimate of drug-likeness (QED) is 0.806. The number of rotatable bonds is 4. The average Bonchev–Trinajstić information content (AvgIpc) is 2.12. The fourth-order valence-corrected chi connectivity index (χ4v) is 0.642. The lowest BCUT2D eigenvalue weighted by atomic mass is 10.2. The molecule has 20 heavy (non-hydrogen) atoms. The Morgan fingerprint density at radius 2 is 1.05 bits per heavy atom. The molecule has 0 amide bonds. The van der Waals surface area contributed by atoms with Crippen LogP contribution in [-0.2, 0) is 9.53 Å². The Balaban J connectivity index is 5.80. The van der Waals surface area contributed by atoms with Crippen LogP contribution >= 0.6 is 0 Å². The number of carboxylic acids is 1. The van der Waals surface area contributed by atoms with Crippen molar-refractivity contribution in [3.63, 3.8) is 0 Å². The summed E-state index contributed by atoms with van der Waals surface area (Å²) in [5.74, 6) is -17.6. The van der Waals surface area contributed by atoms with Crippen molar-refractivity contribution in [3.8, 4) is 0 Å². The number of carbonyl (C=O) groups is 1. The Morgan fingerprint density at radius 3 is 1.25 bits per heavy atom. The van der Waals surface area contributed by atoms with E-state index >= 15 is 0 Å². The van der Waals surface area contributed by atoms with E-state index in [9.17, 15) is 53.1 Å². The van der Waals surface area contributed by atoms with Crippen LogP contribution in [0, 0.1) is 0 Å². The molecule has 0 aliphatic rings. The van der Waals surface area contributed by atoms with E-state index in [-0.39, 0.29) is 0 Å². The smallest absolute Gasteiger partial charge is 0.458 e. The summed E-state index contributed by atoms with van der Waals surface area (Å²) in [5.41, 5.74) is 0. The highest BCUT2D eigenvalue weighted by Crippen LogP contribution is 2.51. The van der Waals surface area contributed by atoms with E-state index in [1.807, 2.05) is 0 Å². The van der Waals surface area contributed by atoms with Crippen LogP contribution < -0.4 is 0 Å². The van der Waals surface area contributed by atoms with E-state index in [0.29, 0.717) is 0 Å². The van der Waals surface area contributed by atoms with Gasteiger partial charge in [0.1, 0.15) is 0 Å². The van der Waals surface area contributed by atoms with Crippen molar-refractivity contribution in [1.29, 1.82) is 0 Å². The van der Waals surface area contributed by atoms with Gasteiger partial charge in [0.05, 0.1) is 0 Å². The molecular weight excluding hydrogens is 329 g/mol. The van der Waals surface area contributed by atoms with Crippen LogP contribution in [0.25, 0.3) is 0 Å². The van der Waals surface area contributed by atoms with Gasteiger partial charge in [-0.3, -0.25) is 4.74 Å². The fraction of sp³-hybridized carbons (Fsp3) is 0.833. The highest BCUT2D eigenvalue weighted by Gasteiger charge is 2.80. The van der Waals surface area contributed by atoms with E-state index < -0.39 is 36.2 Å². The van der Waals surface area contributed by atoms with Crippen molar-refractivity contribution in [2.24, 2.45) is 0 Å². The van der Waals surface area contributed by atoms with Crippen LogP contribution in [0.15, 0.2) is 0 Å². The fourth-order valence-electron chi connectivity index (χ4n) is 0.642. The molecule has 0 unspecified atom stereocenters. The molecule has 0 aromatic carbocycles. The molecule has 1 N–H and O–H groups in total. The molecule has 0 aromatic heterocycles. The van der Waals surface area contributed by atoms with E-state index in [2.05, 4.69) is 0 Å². The Morgan fingerprint density at radius 1 is 0.750 bits per heavy atom. The molecule has 0 aromatic rings. The lowest BCUT2D eigenvalue weighted by Crippen LogP contribution is -2.62. The first kappa shape index (κ1) is 18.7. The number of halogens is 11.